The molecule has 0 spiro atoms. The van der Waals surface area contributed by atoms with Gasteiger partial charge in [-0.05, 0) is 82.3 Å². The molecule has 0 bridgehead atoms. The van der Waals surface area contributed by atoms with Gasteiger partial charge in [0, 0.05) is 63.2 Å². The maximum Gasteiger partial charge on any atom is 0.407 e. The van der Waals surface area contributed by atoms with Crippen LogP contribution in [0.4, 0.5) is 10.5 Å². The molecule has 5 N–H and O–H groups in total. The Bertz CT molecular complexity index is 2180. The van der Waals surface area contributed by atoms with Gasteiger partial charge >= 0.3 is 18.0 Å². The number of phenols is 1. The van der Waals surface area contributed by atoms with E-state index in [-0.39, 0.29) is 85.9 Å². The molecule has 68 heavy (non-hydrogen) atoms. The summed E-state index contributed by atoms with van der Waals surface area (Å²) in [6.07, 6.45) is -0.147. The number of aromatic nitrogens is 1. The number of aromatic hydroxyl groups is 1. The number of alkyl carbamates (subject to hydrolysis) is 1. The summed E-state index contributed by atoms with van der Waals surface area (Å²) >= 11 is 1.11. The van der Waals surface area contributed by atoms with Gasteiger partial charge in [-0.25, -0.2) is 9.78 Å². The smallest absolute Gasteiger partial charge is 0.407 e. The summed E-state index contributed by atoms with van der Waals surface area (Å²) in [6.45, 7) is 14.6. The zero-order chi connectivity index (χ0) is 50.9. The molecule has 1 unspecified atom stereocenters. The third-order valence-corrected chi connectivity index (χ3v) is 13.5. The van der Waals surface area contributed by atoms with Crippen molar-refractivity contribution >= 4 is 58.6 Å². The van der Waals surface area contributed by atoms with Crippen LogP contribution in [-0.2, 0) is 46.5 Å². The lowest BCUT2D eigenvalue weighted by atomic mass is 9.81. The Hall–Kier alpha value is -5.88. The lowest BCUT2D eigenvalue weighted by Gasteiger charge is -2.38. The van der Waals surface area contributed by atoms with Crippen molar-refractivity contribution in [2.75, 3.05) is 33.0 Å². The fourth-order valence-electron chi connectivity index (χ4n) is 7.48. The summed E-state index contributed by atoms with van der Waals surface area (Å²) in [5, 5.41) is 30.4. The summed E-state index contributed by atoms with van der Waals surface area (Å²) in [5.74, 6) is -4.72. The van der Waals surface area contributed by atoms with Gasteiger partial charge in [-0.2, -0.15) is 0 Å². The molecule has 18 heteroatoms. The Kier molecular flexibility index (Phi) is 22.1. The Balaban J connectivity index is 1.74. The van der Waals surface area contributed by atoms with E-state index in [9.17, 15) is 43.8 Å². The number of hydrogen-bond donors (Lipinski definition) is 5. The molecule has 0 fully saturated rings. The molecule has 0 aliphatic heterocycles. The highest BCUT2D eigenvalue weighted by molar-refractivity contribution is 7.09. The number of ketones is 1. The van der Waals surface area contributed by atoms with Gasteiger partial charge < -0.3 is 40.5 Å². The standard InChI is InChI=1S/C50H72N6O11S/c1-12-31(4)37(26-43(59)50(7,8)55(9)10)47(62)56(11)40(30(2)3)27-42(67-33(6)57)46-54-39(29-68-46)45(61)52-36(23-32(5)48(63)64)24-35-20-21-41(58)38(25-35)53-44(60)19-16-22-51-49(65)66-28-34-17-14-13-15-18-34/h13-15,17-18,20-21,25,29-32,36-37,40,42,58H,12,16,19,22-24,26-28H2,1-11H3,(H,51,65)(H,52,61)(H,53,60)(H,63,64)/t31-,32?,36+,37-,40+,42+/m0/s1. The molecule has 0 aliphatic rings. The number of thiazole rings is 1. The molecular formula is C50H72N6O11S. The first-order valence-electron chi connectivity index (χ1n) is 23.1. The second kappa shape index (κ2) is 26.6. The van der Waals surface area contributed by atoms with Crippen LogP contribution in [0, 0.1) is 23.7 Å². The maximum atomic E-state index is 14.3. The van der Waals surface area contributed by atoms with Crippen LogP contribution >= 0.6 is 11.3 Å². The molecule has 4 amide bonds. The van der Waals surface area contributed by atoms with Crippen molar-refractivity contribution in [3.8, 4) is 5.75 Å². The van der Waals surface area contributed by atoms with Crippen LogP contribution in [0.2, 0.25) is 0 Å². The van der Waals surface area contributed by atoms with Crippen LogP contribution in [0.1, 0.15) is 127 Å². The number of likely N-dealkylation sites (N-methyl/N-ethyl adjacent to an activating group) is 1. The minimum atomic E-state index is -1.07. The van der Waals surface area contributed by atoms with E-state index in [1.165, 1.54) is 25.3 Å². The van der Waals surface area contributed by atoms with Crippen molar-refractivity contribution in [1.29, 1.82) is 0 Å². The van der Waals surface area contributed by atoms with Gasteiger partial charge in [0.25, 0.3) is 5.91 Å². The van der Waals surface area contributed by atoms with Crippen LogP contribution in [0.5, 0.6) is 5.75 Å². The molecule has 0 saturated carbocycles. The van der Waals surface area contributed by atoms with Gasteiger partial charge in [0.1, 0.15) is 23.1 Å². The van der Waals surface area contributed by atoms with Gasteiger partial charge in [-0.1, -0.05) is 77.4 Å². The van der Waals surface area contributed by atoms with Gasteiger partial charge in [0.05, 0.1) is 17.1 Å². The monoisotopic (exact) mass is 964 g/mol. The van der Waals surface area contributed by atoms with E-state index in [1.54, 1.807) is 24.1 Å². The zero-order valence-corrected chi connectivity index (χ0v) is 42.2. The van der Waals surface area contributed by atoms with Gasteiger partial charge in [-0.15, -0.1) is 11.3 Å². The third-order valence-electron chi connectivity index (χ3n) is 12.5. The first-order chi connectivity index (χ1) is 31.9. The molecular weight excluding hydrogens is 893 g/mol. The molecule has 0 aliphatic carbocycles. The summed E-state index contributed by atoms with van der Waals surface area (Å²) in [4.78, 5) is 99.1. The fourth-order valence-corrected chi connectivity index (χ4v) is 8.32. The average Bonchev–Trinajstić information content (AvgIpc) is 3.79. The number of esters is 1. The van der Waals surface area contributed by atoms with E-state index in [0.717, 1.165) is 16.9 Å². The number of Topliss-reactive ketones (excluding diaryl/α,β-unsaturated/α-hetero) is 1. The van der Waals surface area contributed by atoms with E-state index in [1.807, 2.05) is 90.9 Å². The Labute approximate surface area is 404 Å². The molecule has 6 atom stereocenters. The highest BCUT2D eigenvalue weighted by Gasteiger charge is 2.39. The quantitative estimate of drug-likeness (QED) is 0.0285. The number of amides is 4. The number of carboxylic acids is 1. The lowest BCUT2D eigenvalue weighted by molar-refractivity contribution is -0.150. The first-order valence-corrected chi connectivity index (χ1v) is 24.0. The summed E-state index contributed by atoms with van der Waals surface area (Å²) in [7, 11) is 5.37. The van der Waals surface area contributed by atoms with E-state index in [4.69, 9.17) is 9.47 Å². The Morgan fingerprint density at radius 2 is 1.60 bits per heavy atom. The number of hydrogen-bond acceptors (Lipinski definition) is 13. The van der Waals surface area contributed by atoms with Crippen molar-refractivity contribution in [1.82, 2.24) is 25.4 Å². The Morgan fingerprint density at radius 3 is 2.21 bits per heavy atom. The number of ether oxygens (including phenoxy) is 2. The van der Waals surface area contributed by atoms with Gasteiger partial charge in [-0.3, -0.25) is 33.7 Å². The molecule has 3 aromatic rings. The van der Waals surface area contributed by atoms with Crippen molar-refractivity contribution in [3.63, 3.8) is 0 Å². The van der Waals surface area contributed by atoms with Crippen LogP contribution < -0.4 is 16.0 Å². The molecule has 0 saturated heterocycles. The van der Waals surface area contributed by atoms with Crippen molar-refractivity contribution in [2.45, 2.75) is 131 Å². The topological polar surface area (TPSA) is 234 Å². The molecule has 2 aromatic carbocycles. The number of benzene rings is 2. The number of carboxylic acid groups (broad SMARTS) is 1. The number of carbonyl (C=O) groups is 7. The molecule has 3 rings (SSSR count). The highest BCUT2D eigenvalue weighted by atomic mass is 32.1. The summed E-state index contributed by atoms with van der Waals surface area (Å²) < 4.78 is 11.0. The maximum absolute atomic E-state index is 14.3. The molecule has 1 heterocycles. The highest BCUT2D eigenvalue weighted by Crippen LogP contribution is 2.33. The minimum absolute atomic E-state index is 0.0112. The lowest BCUT2D eigenvalue weighted by Crippen LogP contribution is -2.50. The second-order valence-corrected chi connectivity index (χ2v) is 19.5. The second-order valence-electron chi connectivity index (χ2n) is 18.6. The van der Waals surface area contributed by atoms with Crippen molar-refractivity contribution in [3.05, 3.63) is 75.7 Å². The molecule has 1 aromatic heterocycles. The number of carbonyl (C=O) groups excluding carboxylic acids is 6. The van der Waals surface area contributed by atoms with E-state index in [0.29, 0.717) is 23.4 Å². The number of rotatable bonds is 27. The average molecular weight is 965 g/mol. The third kappa shape index (κ3) is 17.3. The number of nitrogens with one attached hydrogen (secondary N) is 3. The normalized spacial score (nSPS) is 14.2. The molecule has 0 radical (unpaired) electrons. The predicted octanol–water partition coefficient (Wildman–Crippen LogP) is 7.38. The fraction of sp³-hybridized carbons (Fsp3) is 0.560. The number of phenolic OH excluding ortho intramolecular Hbond substituents is 1. The Morgan fingerprint density at radius 1 is 0.926 bits per heavy atom. The van der Waals surface area contributed by atoms with Crippen molar-refractivity contribution in [2.24, 2.45) is 23.7 Å². The number of anilines is 1. The number of aliphatic carboxylic acids is 1. The predicted molar refractivity (Wildman–Crippen MR) is 260 cm³/mol. The van der Waals surface area contributed by atoms with Crippen LogP contribution in [0.3, 0.4) is 0 Å². The van der Waals surface area contributed by atoms with E-state index < -0.39 is 65.4 Å². The largest absolute Gasteiger partial charge is 0.506 e. The van der Waals surface area contributed by atoms with Crippen LogP contribution in [0.25, 0.3) is 0 Å². The van der Waals surface area contributed by atoms with Crippen LogP contribution in [-0.4, -0.2) is 112 Å². The minimum Gasteiger partial charge on any atom is -0.506 e. The molecule has 374 valence electrons. The SMILES string of the molecule is CC[C@H](C)[C@H](CC(=O)C(C)(C)N(C)C)C(=O)N(C)[C@H](C[C@@H](OC(C)=O)c1nc(C(=O)N[C@@H](Cc2ccc(O)c(NC(=O)CCCNC(=O)OCc3ccccc3)c2)CC(C)C(=O)O)cs1)C(C)C. The van der Waals surface area contributed by atoms with Crippen LogP contribution in [0.15, 0.2) is 53.9 Å². The number of nitrogens with zero attached hydrogens (tertiary/aromatic N) is 3. The summed E-state index contributed by atoms with van der Waals surface area (Å²) in [6, 6.07) is 12.6. The zero-order valence-electron chi connectivity index (χ0n) is 41.4. The van der Waals surface area contributed by atoms with Crippen molar-refractivity contribution < 1.29 is 53.2 Å². The first kappa shape index (κ1) is 56.4. The van der Waals surface area contributed by atoms with E-state index in [2.05, 4.69) is 20.9 Å². The summed E-state index contributed by atoms with van der Waals surface area (Å²) in [5.41, 5.74) is 0.770. The van der Waals surface area contributed by atoms with Gasteiger partial charge in [0.2, 0.25) is 11.8 Å². The molecule has 17 nitrogen and oxygen atoms in total. The van der Waals surface area contributed by atoms with E-state index >= 15 is 0 Å². The van der Waals surface area contributed by atoms with Gasteiger partial charge in [0.15, 0.2) is 11.9 Å².